The predicted molar refractivity (Wildman–Crippen MR) is 200 cm³/mol. The second-order valence-corrected chi connectivity index (χ2v) is 15.2. The highest BCUT2D eigenvalue weighted by molar-refractivity contribution is 6.33. The molecule has 2 aliphatic carbocycles. The lowest BCUT2D eigenvalue weighted by atomic mass is 9.49. The number of halogens is 5. The van der Waals surface area contributed by atoms with Crippen LogP contribution in [0, 0.1) is 23.7 Å². The molecular weight excluding hydrogens is 772 g/mol. The van der Waals surface area contributed by atoms with Crippen LogP contribution in [0.25, 0.3) is 0 Å². The number of alkyl halides is 3. The minimum Gasteiger partial charge on any atom is -0.508 e. The zero-order chi connectivity index (χ0) is 39.8. The molecule has 6 atom stereocenters. The summed E-state index contributed by atoms with van der Waals surface area (Å²) in [6.45, 7) is 1.99. The number of pyridine rings is 1. The van der Waals surface area contributed by atoms with Crippen molar-refractivity contribution in [2.24, 2.45) is 23.7 Å². The molecule has 4 aromatic rings. The number of phenolic OH excluding ortho intramolecular Hbond substituents is 1. The van der Waals surface area contributed by atoms with Gasteiger partial charge in [0.2, 0.25) is 11.8 Å². The molecule has 10 nitrogen and oxygen atoms in total. The molecule has 1 saturated carbocycles. The van der Waals surface area contributed by atoms with E-state index in [-0.39, 0.29) is 41.6 Å². The van der Waals surface area contributed by atoms with Crippen molar-refractivity contribution in [1.29, 1.82) is 0 Å². The lowest BCUT2D eigenvalue weighted by molar-refractivity contribution is -0.139. The summed E-state index contributed by atoms with van der Waals surface area (Å²) in [5, 5.41) is 12.2. The van der Waals surface area contributed by atoms with Gasteiger partial charge in [0.25, 0.3) is 11.8 Å². The number of amides is 4. The number of imide groups is 2. The molecule has 2 saturated heterocycles. The standard InChI is InChI=1S/C41H33Cl2F3N4O6/c1-3-20-7-13-24(14-8-20)49-36(52)26-16-15-25-27(32(26)38(49)54)18-28-37(53)50(48-35-29(43)17-22(19-47-35)41(44,45)46)39(55)40(28,21-9-11-23(42)12-10-21)34(25)33-30(51)5-4-6-31(33)56-2/h4-15,17,19,26-28,32,34,51H,3,16,18H2,1-2H3,(H,47,48)/t26-,27+,28-,32-,34+,40+/m0/s1. The Labute approximate surface area is 328 Å². The highest BCUT2D eigenvalue weighted by atomic mass is 35.5. The Hall–Kier alpha value is -5.40. The number of benzene rings is 3. The molecule has 0 unspecified atom stereocenters. The van der Waals surface area contributed by atoms with Crippen molar-refractivity contribution >= 4 is 58.3 Å². The fourth-order valence-electron chi connectivity index (χ4n) is 9.23. The van der Waals surface area contributed by atoms with Gasteiger partial charge in [-0.05, 0) is 78.8 Å². The van der Waals surface area contributed by atoms with Gasteiger partial charge in [0.15, 0.2) is 5.82 Å². The summed E-state index contributed by atoms with van der Waals surface area (Å²) < 4.78 is 46.3. The number of aromatic nitrogens is 1. The average Bonchev–Trinajstić information content (AvgIpc) is 3.56. The molecule has 3 aromatic carbocycles. The maximum atomic E-state index is 15.4. The van der Waals surface area contributed by atoms with Crippen LogP contribution in [0.2, 0.25) is 10.0 Å². The summed E-state index contributed by atoms with van der Waals surface area (Å²) in [6.07, 6.45) is -1.60. The number of hydrazine groups is 1. The van der Waals surface area contributed by atoms with Gasteiger partial charge in [-0.3, -0.25) is 29.5 Å². The van der Waals surface area contributed by atoms with Crippen LogP contribution in [0.4, 0.5) is 24.7 Å². The molecule has 1 aromatic heterocycles. The first-order valence-electron chi connectivity index (χ1n) is 17.9. The Bertz CT molecular complexity index is 2340. The molecule has 288 valence electrons. The van der Waals surface area contributed by atoms with E-state index in [4.69, 9.17) is 27.9 Å². The summed E-state index contributed by atoms with van der Waals surface area (Å²) >= 11 is 12.6. The zero-order valence-corrected chi connectivity index (χ0v) is 31.3. The van der Waals surface area contributed by atoms with Crippen molar-refractivity contribution < 1.29 is 42.2 Å². The molecule has 4 amide bonds. The van der Waals surface area contributed by atoms with Crippen LogP contribution in [-0.2, 0) is 37.2 Å². The Morgan fingerprint density at radius 3 is 2.32 bits per heavy atom. The fourth-order valence-corrected chi connectivity index (χ4v) is 9.57. The smallest absolute Gasteiger partial charge is 0.417 e. The quantitative estimate of drug-likeness (QED) is 0.143. The van der Waals surface area contributed by atoms with Gasteiger partial charge >= 0.3 is 6.18 Å². The van der Waals surface area contributed by atoms with E-state index in [0.29, 0.717) is 39.1 Å². The zero-order valence-electron chi connectivity index (χ0n) is 29.8. The van der Waals surface area contributed by atoms with Crippen LogP contribution in [0.3, 0.4) is 0 Å². The molecular formula is C41H33Cl2F3N4O6. The van der Waals surface area contributed by atoms with Gasteiger partial charge in [-0.15, -0.1) is 0 Å². The van der Waals surface area contributed by atoms with E-state index >= 15 is 4.79 Å². The third-order valence-corrected chi connectivity index (χ3v) is 12.3. The maximum Gasteiger partial charge on any atom is 0.417 e. The first-order chi connectivity index (χ1) is 26.7. The SMILES string of the molecule is CCc1ccc(N2C(=O)[C@H]3[C@H](CC=C4[C@H]3C[C@H]3C(=O)N(Nc5ncc(C(F)(F)F)cc5Cl)C(=O)[C@@]3(c3ccc(Cl)cc3)[C@H]4c3c(O)cccc3OC)C2=O)cc1. The number of hydrogen-bond donors (Lipinski definition) is 2. The molecule has 3 heterocycles. The van der Waals surface area contributed by atoms with Gasteiger partial charge in [-0.2, -0.15) is 18.2 Å². The topological polar surface area (TPSA) is 129 Å². The summed E-state index contributed by atoms with van der Waals surface area (Å²) in [7, 11) is 1.39. The Balaban J connectivity index is 1.32. The number of phenols is 1. The van der Waals surface area contributed by atoms with Crippen molar-refractivity contribution in [3.05, 3.63) is 123 Å². The largest absolute Gasteiger partial charge is 0.508 e. The number of ether oxygens (including phenoxy) is 1. The molecule has 0 bridgehead atoms. The minimum atomic E-state index is -4.76. The van der Waals surface area contributed by atoms with Crippen LogP contribution >= 0.6 is 23.2 Å². The van der Waals surface area contributed by atoms with Gasteiger partial charge in [-0.1, -0.05) is 72.1 Å². The highest BCUT2D eigenvalue weighted by Gasteiger charge is 2.71. The first-order valence-corrected chi connectivity index (χ1v) is 18.6. The number of aromatic hydroxyl groups is 1. The number of aryl methyl sites for hydroxylation is 1. The highest BCUT2D eigenvalue weighted by Crippen LogP contribution is 2.66. The molecule has 56 heavy (non-hydrogen) atoms. The predicted octanol–water partition coefficient (Wildman–Crippen LogP) is 7.87. The number of nitrogens with zero attached hydrogens (tertiary/aromatic N) is 3. The van der Waals surface area contributed by atoms with E-state index in [1.807, 2.05) is 25.1 Å². The number of carbonyl (C=O) groups excluding carboxylic acids is 4. The summed E-state index contributed by atoms with van der Waals surface area (Å²) in [6, 6.07) is 18.7. The minimum absolute atomic E-state index is 0.0827. The van der Waals surface area contributed by atoms with E-state index in [2.05, 4.69) is 10.4 Å². The van der Waals surface area contributed by atoms with Crippen molar-refractivity contribution in [3.8, 4) is 11.5 Å². The van der Waals surface area contributed by atoms with Crippen molar-refractivity contribution in [3.63, 3.8) is 0 Å². The van der Waals surface area contributed by atoms with Gasteiger partial charge in [0, 0.05) is 22.7 Å². The molecule has 0 spiro atoms. The summed E-state index contributed by atoms with van der Waals surface area (Å²) in [5.74, 6) is -7.77. The van der Waals surface area contributed by atoms with Gasteiger partial charge in [-0.25, -0.2) is 4.98 Å². The van der Waals surface area contributed by atoms with Gasteiger partial charge < -0.3 is 9.84 Å². The van der Waals surface area contributed by atoms with Crippen LogP contribution in [-0.4, -0.2) is 45.8 Å². The Morgan fingerprint density at radius 2 is 1.68 bits per heavy atom. The second-order valence-electron chi connectivity index (χ2n) is 14.3. The number of rotatable bonds is 7. The monoisotopic (exact) mass is 804 g/mol. The van der Waals surface area contributed by atoms with E-state index in [1.165, 1.54) is 18.1 Å². The third-order valence-electron chi connectivity index (χ3n) is 11.7. The number of anilines is 2. The number of allylic oxidation sites excluding steroid dienone is 2. The van der Waals surface area contributed by atoms with Crippen molar-refractivity contribution in [2.45, 2.75) is 43.7 Å². The van der Waals surface area contributed by atoms with Crippen LogP contribution in [0.15, 0.2) is 90.6 Å². The molecule has 3 fully saturated rings. The first kappa shape index (κ1) is 37.5. The molecule has 2 aliphatic heterocycles. The Kier molecular flexibility index (Phi) is 9.15. The van der Waals surface area contributed by atoms with E-state index < -0.39 is 69.5 Å². The van der Waals surface area contributed by atoms with Crippen molar-refractivity contribution in [1.82, 2.24) is 9.99 Å². The van der Waals surface area contributed by atoms with Crippen LogP contribution in [0.5, 0.6) is 11.5 Å². The number of methoxy groups -OCH3 is 1. The second kappa shape index (κ2) is 13.7. The lowest BCUT2D eigenvalue weighted by Gasteiger charge is -2.50. The van der Waals surface area contributed by atoms with E-state index in [9.17, 15) is 32.7 Å². The molecule has 4 aliphatic rings. The molecule has 15 heteroatoms. The van der Waals surface area contributed by atoms with Gasteiger partial charge in [0.05, 0.1) is 46.6 Å². The molecule has 8 rings (SSSR count). The average molecular weight is 806 g/mol. The maximum absolute atomic E-state index is 15.4. The van der Waals surface area contributed by atoms with Gasteiger partial charge in [0.1, 0.15) is 11.5 Å². The molecule has 2 N–H and O–H groups in total. The third kappa shape index (κ3) is 5.57. The van der Waals surface area contributed by atoms with E-state index in [1.54, 1.807) is 48.5 Å². The van der Waals surface area contributed by atoms with Crippen LogP contribution in [0.1, 0.15) is 47.9 Å². The van der Waals surface area contributed by atoms with Crippen molar-refractivity contribution in [2.75, 3.05) is 17.4 Å². The summed E-state index contributed by atoms with van der Waals surface area (Å²) in [4.78, 5) is 64.0. The Morgan fingerprint density at radius 1 is 0.964 bits per heavy atom. The fraction of sp³-hybridized carbons (Fsp3) is 0.293. The number of fused-ring (bicyclic) bond motifs is 4. The van der Waals surface area contributed by atoms with E-state index in [0.717, 1.165) is 12.0 Å². The number of hydrogen-bond acceptors (Lipinski definition) is 8. The number of carbonyl (C=O) groups is 4. The normalized spacial score (nSPS) is 25.8. The lowest BCUT2D eigenvalue weighted by Crippen LogP contribution is -2.53. The molecule has 0 radical (unpaired) electrons. The summed E-state index contributed by atoms with van der Waals surface area (Å²) in [5.41, 5.74) is 2.11. The van der Waals surface area contributed by atoms with Crippen LogP contribution < -0.4 is 15.1 Å². The number of nitrogens with one attached hydrogen (secondary N) is 1.